The fourth-order valence-electron chi connectivity index (χ4n) is 1.45. The molecule has 0 aliphatic rings. The van der Waals surface area contributed by atoms with Crippen molar-refractivity contribution in [2.45, 2.75) is 13.0 Å². The Labute approximate surface area is 99.7 Å². The van der Waals surface area contributed by atoms with Gasteiger partial charge >= 0.3 is 0 Å². The van der Waals surface area contributed by atoms with Gasteiger partial charge in [0.15, 0.2) is 0 Å². The molecule has 0 saturated heterocycles. The van der Waals surface area contributed by atoms with Gasteiger partial charge in [0.25, 0.3) is 0 Å². The minimum atomic E-state index is 0.204. The summed E-state index contributed by atoms with van der Waals surface area (Å²) < 4.78 is 1.13. The Morgan fingerprint density at radius 3 is 2.87 bits per heavy atom. The molecule has 1 aromatic rings. The SMILES string of the molecule is C=CCNC(CN)c1ccc(Br)c(C)c1. The van der Waals surface area contributed by atoms with Gasteiger partial charge in [-0.15, -0.1) is 6.58 Å². The standard InChI is InChI=1S/C12H17BrN2/c1-3-6-15-12(8-14)10-4-5-11(13)9(2)7-10/h3-5,7,12,15H,1,6,8,14H2,2H3. The lowest BCUT2D eigenvalue weighted by Crippen LogP contribution is -2.28. The summed E-state index contributed by atoms with van der Waals surface area (Å²) >= 11 is 3.49. The third-order valence-corrected chi connectivity index (χ3v) is 3.22. The smallest absolute Gasteiger partial charge is 0.0447 e. The Kier molecular flexibility index (Phi) is 5.02. The highest BCUT2D eigenvalue weighted by Crippen LogP contribution is 2.20. The maximum absolute atomic E-state index is 5.73. The topological polar surface area (TPSA) is 38.0 Å². The first-order valence-electron chi connectivity index (χ1n) is 4.99. The summed E-state index contributed by atoms with van der Waals surface area (Å²) in [5, 5.41) is 3.32. The molecule has 1 aromatic carbocycles. The summed E-state index contributed by atoms with van der Waals surface area (Å²) in [5.74, 6) is 0. The van der Waals surface area contributed by atoms with Crippen LogP contribution in [0.2, 0.25) is 0 Å². The second-order valence-electron chi connectivity index (χ2n) is 3.49. The molecule has 0 spiro atoms. The third-order valence-electron chi connectivity index (χ3n) is 2.33. The Morgan fingerprint density at radius 1 is 1.60 bits per heavy atom. The van der Waals surface area contributed by atoms with Crippen LogP contribution in [0.25, 0.3) is 0 Å². The van der Waals surface area contributed by atoms with Gasteiger partial charge in [0.1, 0.15) is 0 Å². The van der Waals surface area contributed by atoms with Crippen molar-refractivity contribution < 1.29 is 0 Å². The van der Waals surface area contributed by atoms with Crippen LogP contribution in [0.1, 0.15) is 17.2 Å². The van der Waals surface area contributed by atoms with Crippen molar-refractivity contribution in [1.82, 2.24) is 5.32 Å². The molecule has 0 radical (unpaired) electrons. The lowest BCUT2D eigenvalue weighted by atomic mass is 10.0. The van der Waals surface area contributed by atoms with Crippen LogP contribution in [0.3, 0.4) is 0 Å². The first kappa shape index (κ1) is 12.4. The van der Waals surface area contributed by atoms with Crippen LogP contribution in [0.4, 0.5) is 0 Å². The van der Waals surface area contributed by atoms with E-state index in [9.17, 15) is 0 Å². The molecule has 1 atom stereocenters. The van der Waals surface area contributed by atoms with Crippen molar-refractivity contribution in [3.8, 4) is 0 Å². The van der Waals surface area contributed by atoms with Gasteiger partial charge in [-0.3, -0.25) is 0 Å². The van der Waals surface area contributed by atoms with Crippen LogP contribution in [0, 0.1) is 6.92 Å². The summed E-state index contributed by atoms with van der Waals surface area (Å²) in [4.78, 5) is 0. The van der Waals surface area contributed by atoms with Crippen molar-refractivity contribution in [3.05, 3.63) is 46.5 Å². The summed E-state index contributed by atoms with van der Waals surface area (Å²) in [5.41, 5.74) is 8.18. The minimum absolute atomic E-state index is 0.204. The van der Waals surface area contributed by atoms with E-state index < -0.39 is 0 Å². The van der Waals surface area contributed by atoms with Crippen LogP contribution in [-0.4, -0.2) is 13.1 Å². The van der Waals surface area contributed by atoms with Crippen LogP contribution >= 0.6 is 15.9 Å². The number of nitrogens with one attached hydrogen (secondary N) is 1. The van der Waals surface area contributed by atoms with E-state index >= 15 is 0 Å². The molecule has 0 fully saturated rings. The molecule has 3 N–H and O–H groups in total. The minimum Gasteiger partial charge on any atom is -0.329 e. The van der Waals surface area contributed by atoms with Crippen molar-refractivity contribution in [3.63, 3.8) is 0 Å². The molecule has 1 rings (SSSR count). The lowest BCUT2D eigenvalue weighted by Gasteiger charge is -2.17. The summed E-state index contributed by atoms with van der Waals surface area (Å²) in [6.45, 7) is 7.13. The maximum atomic E-state index is 5.73. The molecule has 0 aliphatic carbocycles. The quantitative estimate of drug-likeness (QED) is 0.806. The van der Waals surface area contributed by atoms with Gasteiger partial charge in [-0.05, 0) is 24.1 Å². The predicted molar refractivity (Wildman–Crippen MR) is 68.9 cm³/mol. The zero-order valence-electron chi connectivity index (χ0n) is 8.96. The summed E-state index contributed by atoms with van der Waals surface area (Å²) in [6.07, 6.45) is 1.84. The lowest BCUT2D eigenvalue weighted by molar-refractivity contribution is 0.577. The zero-order chi connectivity index (χ0) is 11.3. The normalized spacial score (nSPS) is 12.5. The average molecular weight is 269 g/mol. The molecule has 2 nitrogen and oxygen atoms in total. The molecule has 1 unspecified atom stereocenters. The second-order valence-corrected chi connectivity index (χ2v) is 4.35. The number of rotatable bonds is 5. The third kappa shape index (κ3) is 3.45. The first-order valence-corrected chi connectivity index (χ1v) is 5.78. The molecule has 0 aliphatic heterocycles. The Morgan fingerprint density at radius 2 is 2.33 bits per heavy atom. The number of aryl methyl sites for hydroxylation is 1. The van der Waals surface area contributed by atoms with Crippen molar-refractivity contribution >= 4 is 15.9 Å². The molecule has 82 valence electrons. The van der Waals surface area contributed by atoms with E-state index in [1.54, 1.807) is 0 Å². The van der Waals surface area contributed by atoms with E-state index in [2.05, 4.69) is 52.9 Å². The maximum Gasteiger partial charge on any atom is 0.0447 e. The molecule has 0 bridgehead atoms. The van der Waals surface area contributed by atoms with E-state index in [4.69, 9.17) is 5.73 Å². The fourth-order valence-corrected chi connectivity index (χ4v) is 1.69. The zero-order valence-corrected chi connectivity index (χ0v) is 10.5. The van der Waals surface area contributed by atoms with Gasteiger partial charge in [0.2, 0.25) is 0 Å². The monoisotopic (exact) mass is 268 g/mol. The molecule has 0 heterocycles. The Hall–Kier alpha value is -0.640. The first-order chi connectivity index (χ1) is 7.19. The predicted octanol–water partition coefficient (Wildman–Crippen LogP) is 2.53. The van der Waals surface area contributed by atoms with Gasteiger partial charge in [-0.2, -0.15) is 0 Å². The average Bonchev–Trinajstić information content (AvgIpc) is 2.24. The van der Waals surface area contributed by atoms with E-state index in [-0.39, 0.29) is 6.04 Å². The van der Waals surface area contributed by atoms with Crippen LogP contribution < -0.4 is 11.1 Å². The van der Waals surface area contributed by atoms with Crippen molar-refractivity contribution in [2.75, 3.05) is 13.1 Å². The summed E-state index contributed by atoms with van der Waals surface area (Å²) in [6, 6.07) is 6.50. The molecule has 0 saturated carbocycles. The van der Waals surface area contributed by atoms with Crippen LogP contribution in [0.5, 0.6) is 0 Å². The second kappa shape index (κ2) is 6.05. The molecule has 0 aromatic heterocycles. The largest absolute Gasteiger partial charge is 0.329 e. The Balaban J connectivity index is 2.82. The molecule has 3 heteroatoms. The van der Waals surface area contributed by atoms with Crippen LogP contribution in [0.15, 0.2) is 35.3 Å². The van der Waals surface area contributed by atoms with E-state index in [0.29, 0.717) is 6.54 Å². The van der Waals surface area contributed by atoms with E-state index in [1.807, 2.05) is 6.08 Å². The number of hydrogen-bond acceptors (Lipinski definition) is 2. The van der Waals surface area contributed by atoms with Gasteiger partial charge in [-0.1, -0.05) is 34.1 Å². The van der Waals surface area contributed by atoms with Crippen molar-refractivity contribution in [1.29, 1.82) is 0 Å². The molecular weight excluding hydrogens is 252 g/mol. The number of benzene rings is 1. The number of hydrogen-bond donors (Lipinski definition) is 2. The van der Waals surface area contributed by atoms with E-state index in [0.717, 1.165) is 11.0 Å². The van der Waals surface area contributed by atoms with Gasteiger partial charge < -0.3 is 11.1 Å². The van der Waals surface area contributed by atoms with Crippen LogP contribution in [-0.2, 0) is 0 Å². The summed E-state index contributed by atoms with van der Waals surface area (Å²) in [7, 11) is 0. The number of halogens is 1. The Bertz CT molecular complexity index is 336. The molecule has 15 heavy (non-hydrogen) atoms. The highest BCUT2D eigenvalue weighted by atomic mass is 79.9. The highest BCUT2D eigenvalue weighted by Gasteiger charge is 2.08. The van der Waals surface area contributed by atoms with Gasteiger partial charge in [-0.25, -0.2) is 0 Å². The molecule has 0 amide bonds. The molecular formula is C12H17BrN2. The number of nitrogens with two attached hydrogens (primary N) is 1. The van der Waals surface area contributed by atoms with Gasteiger partial charge in [0.05, 0.1) is 0 Å². The van der Waals surface area contributed by atoms with Gasteiger partial charge in [0, 0.05) is 23.6 Å². The highest BCUT2D eigenvalue weighted by molar-refractivity contribution is 9.10. The fraction of sp³-hybridized carbons (Fsp3) is 0.333. The van der Waals surface area contributed by atoms with Crippen molar-refractivity contribution in [2.24, 2.45) is 5.73 Å². The van der Waals surface area contributed by atoms with E-state index in [1.165, 1.54) is 11.1 Å².